The summed E-state index contributed by atoms with van der Waals surface area (Å²) < 4.78 is 32.5. The van der Waals surface area contributed by atoms with Crippen LogP contribution in [-0.4, -0.2) is 153 Å². The summed E-state index contributed by atoms with van der Waals surface area (Å²) in [6.07, 6.45) is -19.0. The fourth-order valence-corrected chi connectivity index (χ4v) is 4.22. The zero-order valence-electron chi connectivity index (χ0n) is 19.1. The van der Waals surface area contributed by atoms with E-state index in [1.54, 1.807) is 0 Å². The van der Waals surface area contributed by atoms with Gasteiger partial charge in [-0.05, 0) is 6.92 Å². The number of rotatable bonds is 8. The largest absolute Gasteiger partial charge is 0.506 e. The van der Waals surface area contributed by atoms with E-state index >= 15 is 0 Å². The van der Waals surface area contributed by atoms with Gasteiger partial charge in [0.25, 0.3) is 0 Å². The highest BCUT2D eigenvalue weighted by Crippen LogP contribution is 2.31. The Hall–Kier alpha value is -1.18. The molecule has 0 aromatic rings. The minimum Gasteiger partial charge on any atom is -0.506 e. The quantitative estimate of drug-likeness (QED) is 0.148. The molecule has 0 bridgehead atoms. The van der Waals surface area contributed by atoms with Crippen molar-refractivity contribution in [3.05, 3.63) is 11.5 Å². The highest BCUT2D eigenvalue weighted by molar-refractivity contribution is 5.11. The highest BCUT2D eigenvalue weighted by Gasteiger charge is 2.50. The molecule has 15 nitrogen and oxygen atoms in total. The van der Waals surface area contributed by atoms with Crippen LogP contribution in [-0.2, 0) is 28.4 Å². The minimum absolute atomic E-state index is 0.0215. The number of aliphatic hydroxyl groups excluding tert-OH is 9. The summed E-state index contributed by atoms with van der Waals surface area (Å²) in [5.74, 6) is -0.561. The third-order valence-electron chi connectivity index (χ3n) is 6.30. The van der Waals surface area contributed by atoms with Crippen molar-refractivity contribution in [2.24, 2.45) is 0 Å². The summed E-state index contributed by atoms with van der Waals surface area (Å²) in [5, 5.41) is 90.3. The Morgan fingerprint density at radius 2 is 1.34 bits per heavy atom. The first-order valence-electron chi connectivity index (χ1n) is 11.0. The Morgan fingerprint density at radius 3 is 1.94 bits per heavy atom. The van der Waals surface area contributed by atoms with Crippen LogP contribution in [0.5, 0.6) is 0 Å². The molecule has 2 saturated heterocycles. The average molecular weight is 514 g/mol. The normalized spacial score (nSPS) is 47.0. The number of hydrogen-bond donors (Lipinski definition) is 9. The zero-order chi connectivity index (χ0) is 26.0. The standard InChI is InChI=1S/C20H34O15/c1-6-10(23)13(26)18(8(4-22)32-6)35-20-16(29)14(27)17(30-2)9(34-20)5-31-19-15(28)12(25)11(24)7(3-21)33-19/h7-9,11-29H,3-5H2,1-2H3/t7?,8?,9?,11-,12?,13?,14?,15?,16?,17+,18+,19-,20-/m0/s1. The van der Waals surface area contributed by atoms with Crippen molar-refractivity contribution in [1.29, 1.82) is 0 Å². The van der Waals surface area contributed by atoms with E-state index in [1.165, 1.54) is 14.0 Å². The van der Waals surface area contributed by atoms with E-state index < -0.39 is 105 Å². The molecule has 35 heavy (non-hydrogen) atoms. The van der Waals surface area contributed by atoms with Crippen molar-refractivity contribution >= 4 is 0 Å². The number of aliphatic hydroxyl groups is 9. The predicted octanol–water partition coefficient (Wildman–Crippen LogP) is -4.81. The fourth-order valence-electron chi connectivity index (χ4n) is 4.22. The second-order valence-electron chi connectivity index (χ2n) is 8.58. The molecular weight excluding hydrogens is 480 g/mol. The smallest absolute Gasteiger partial charge is 0.187 e. The molecule has 13 atom stereocenters. The average Bonchev–Trinajstić information content (AvgIpc) is 2.85. The maximum absolute atomic E-state index is 10.6. The molecule has 3 aliphatic rings. The second kappa shape index (κ2) is 11.9. The van der Waals surface area contributed by atoms with E-state index in [0.29, 0.717) is 0 Å². The molecule has 0 spiro atoms. The number of methoxy groups -OCH3 is 1. The first-order valence-corrected chi connectivity index (χ1v) is 11.0. The van der Waals surface area contributed by atoms with Crippen LogP contribution in [0.4, 0.5) is 0 Å². The van der Waals surface area contributed by atoms with Crippen molar-refractivity contribution in [2.45, 2.75) is 86.6 Å². The Kier molecular flexibility index (Phi) is 9.66. The molecule has 2 fully saturated rings. The van der Waals surface area contributed by atoms with Gasteiger partial charge in [-0.25, -0.2) is 0 Å². The van der Waals surface area contributed by atoms with Crippen molar-refractivity contribution in [3.8, 4) is 0 Å². The molecule has 3 aliphatic heterocycles. The van der Waals surface area contributed by atoms with Crippen molar-refractivity contribution in [3.63, 3.8) is 0 Å². The van der Waals surface area contributed by atoms with Gasteiger partial charge in [0, 0.05) is 7.11 Å². The molecule has 204 valence electrons. The maximum Gasteiger partial charge on any atom is 0.187 e. The van der Waals surface area contributed by atoms with Crippen LogP contribution in [0, 0.1) is 0 Å². The topological polar surface area (TPSA) is 237 Å². The van der Waals surface area contributed by atoms with E-state index in [1.807, 2.05) is 0 Å². The van der Waals surface area contributed by atoms with Gasteiger partial charge < -0.3 is 74.4 Å². The van der Waals surface area contributed by atoms with Gasteiger partial charge in [0.2, 0.25) is 0 Å². The van der Waals surface area contributed by atoms with Crippen molar-refractivity contribution < 1.29 is 74.4 Å². The SMILES string of the molecule is CO[C@@H]1C(CO[C@H]2OC(CO)[C@H](O)C(O)C2O)O[C@@H](O[C@@H]2C(CO)OC(C)=C(O)C2O)C(O)C1O. The molecule has 0 amide bonds. The van der Waals surface area contributed by atoms with Gasteiger partial charge in [-0.2, -0.15) is 0 Å². The monoisotopic (exact) mass is 514 g/mol. The molecule has 8 unspecified atom stereocenters. The van der Waals surface area contributed by atoms with Gasteiger partial charge in [0.05, 0.1) is 19.8 Å². The molecule has 9 N–H and O–H groups in total. The van der Waals surface area contributed by atoms with Crippen LogP contribution >= 0.6 is 0 Å². The van der Waals surface area contributed by atoms with E-state index in [9.17, 15) is 46.0 Å². The van der Waals surface area contributed by atoms with Crippen LogP contribution in [0.2, 0.25) is 0 Å². The van der Waals surface area contributed by atoms with E-state index in [-0.39, 0.29) is 5.76 Å². The predicted molar refractivity (Wildman–Crippen MR) is 109 cm³/mol. The Morgan fingerprint density at radius 1 is 0.743 bits per heavy atom. The van der Waals surface area contributed by atoms with Crippen molar-refractivity contribution in [1.82, 2.24) is 0 Å². The van der Waals surface area contributed by atoms with Gasteiger partial charge in [0.15, 0.2) is 24.4 Å². The highest BCUT2D eigenvalue weighted by atomic mass is 16.7. The second-order valence-corrected chi connectivity index (χ2v) is 8.58. The molecule has 0 aromatic heterocycles. The van der Waals surface area contributed by atoms with Crippen LogP contribution in [0.25, 0.3) is 0 Å². The molecule has 0 radical (unpaired) electrons. The van der Waals surface area contributed by atoms with E-state index in [0.717, 1.165) is 0 Å². The Balaban J connectivity index is 1.71. The zero-order valence-corrected chi connectivity index (χ0v) is 19.1. The van der Waals surface area contributed by atoms with Crippen LogP contribution < -0.4 is 0 Å². The lowest BCUT2D eigenvalue weighted by Crippen LogP contribution is -2.63. The van der Waals surface area contributed by atoms with E-state index in [4.69, 9.17) is 28.4 Å². The molecular formula is C20H34O15. The molecule has 0 aliphatic carbocycles. The van der Waals surface area contributed by atoms with Crippen LogP contribution in [0.3, 0.4) is 0 Å². The summed E-state index contributed by atoms with van der Waals surface area (Å²) in [5.41, 5.74) is 0. The van der Waals surface area contributed by atoms with Crippen LogP contribution in [0.1, 0.15) is 6.92 Å². The minimum atomic E-state index is -1.69. The summed E-state index contributed by atoms with van der Waals surface area (Å²) >= 11 is 0. The Labute approximate surface area is 200 Å². The summed E-state index contributed by atoms with van der Waals surface area (Å²) in [4.78, 5) is 0. The lowest BCUT2D eigenvalue weighted by Gasteiger charge is -2.45. The third kappa shape index (κ3) is 5.72. The third-order valence-corrected chi connectivity index (χ3v) is 6.30. The Bertz CT molecular complexity index is 719. The summed E-state index contributed by atoms with van der Waals surface area (Å²) in [6.45, 7) is -0.335. The fraction of sp³-hybridized carbons (Fsp3) is 0.900. The molecule has 15 heteroatoms. The first-order chi connectivity index (χ1) is 16.5. The van der Waals surface area contributed by atoms with Gasteiger partial charge in [0.1, 0.15) is 66.8 Å². The first kappa shape index (κ1) is 28.4. The molecule has 0 saturated carbocycles. The summed E-state index contributed by atoms with van der Waals surface area (Å²) in [6, 6.07) is 0. The number of allylic oxidation sites excluding steroid dienone is 1. The molecule has 3 rings (SSSR count). The summed E-state index contributed by atoms with van der Waals surface area (Å²) in [7, 11) is 1.23. The maximum atomic E-state index is 10.6. The molecule has 3 heterocycles. The van der Waals surface area contributed by atoms with Gasteiger partial charge in [-0.15, -0.1) is 0 Å². The number of ether oxygens (including phenoxy) is 6. The lowest BCUT2D eigenvalue weighted by molar-refractivity contribution is -0.345. The lowest BCUT2D eigenvalue weighted by atomic mass is 9.97. The van der Waals surface area contributed by atoms with Gasteiger partial charge in [-0.1, -0.05) is 0 Å². The van der Waals surface area contributed by atoms with Crippen LogP contribution in [0.15, 0.2) is 11.5 Å². The van der Waals surface area contributed by atoms with E-state index in [2.05, 4.69) is 0 Å². The number of hydrogen-bond acceptors (Lipinski definition) is 15. The van der Waals surface area contributed by atoms with Gasteiger partial charge >= 0.3 is 0 Å². The van der Waals surface area contributed by atoms with Crippen molar-refractivity contribution in [2.75, 3.05) is 26.9 Å². The molecule has 0 aromatic carbocycles. The van der Waals surface area contributed by atoms with Gasteiger partial charge in [-0.3, -0.25) is 0 Å².